The van der Waals surface area contributed by atoms with Crippen LogP contribution in [0.3, 0.4) is 0 Å². The molecular weight excluding hydrogens is 288 g/mol. The summed E-state index contributed by atoms with van der Waals surface area (Å²) in [6.07, 6.45) is 3.44. The molecule has 88 valence electrons. The summed E-state index contributed by atoms with van der Waals surface area (Å²) in [5.41, 5.74) is 0.506. The lowest BCUT2D eigenvalue weighted by Gasteiger charge is -1.95. The van der Waals surface area contributed by atoms with Gasteiger partial charge in [-0.1, -0.05) is 34.1 Å². The number of hydrogen-bond acceptors (Lipinski definition) is 2. The normalized spacial score (nSPS) is 11.7. The molecule has 1 aromatic carbocycles. The SMILES string of the molecule is O=C(O)C=C(C=Cc1ccc(Br)cc1)C(=O)O. The van der Waals surface area contributed by atoms with E-state index < -0.39 is 11.9 Å². The van der Waals surface area contributed by atoms with Gasteiger partial charge in [0.05, 0.1) is 5.57 Å². The molecule has 0 radical (unpaired) electrons. The molecule has 2 N–H and O–H groups in total. The van der Waals surface area contributed by atoms with Crippen molar-refractivity contribution < 1.29 is 19.8 Å². The Morgan fingerprint density at radius 1 is 1.12 bits per heavy atom. The van der Waals surface area contributed by atoms with E-state index in [1.165, 1.54) is 12.2 Å². The van der Waals surface area contributed by atoms with Crippen LogP contribution >= 0.6 is 15.9 Å². The number of carboxylic acids is 2. The molecule has 0 amide bonds. The molecule has 0 fully saturated rings. The first-order valence-electron chi connectivity index (χ1n) is 4.60. The van der Waals surface area contributed by atoms with Crippen LogP contribution in [0.2, 0.25) is 0 Å². The maximum Gasteiger partial charge on any atom is 0.335 e. The molecule has 17 heavy (non-hydrogen) atoms. The molecule has 0 saturated carbocycles. The van der Waals surface area contributed by atoms with Crippen molar-refractivity contribution in [1.82, 2.24) is 0 Å². The fraction of sp³-hybridized carbons (Fsp3) is 0. The highest BCUT2D eigenvalue weighted by molar-refractivity contribution is 9.10. The lowest BCUT2D eigenvalue weighted by molar-refractivity contribution is -0.134. The summed E-state index contributed by atoms with van der Waals surface area (Å²) in [5.74, 6) is -2.57. The topological polar surface area (TPSA) is 74.6 Å². The van der Waals surface area contributed by atoms with Gasteiger partial charge in [-0.25, -0.2) is 9.59 Å². The Labute approximate surface area is 106 Å². The molecule has 0 saturated heterocycles. The molecular formula is C12H9BrO4. The lowest BCUT2D eigenvalue weighted by Crippen LogP contribution is -2.01. The highest BCUT2D eigenvalue weighted by Crippen LogP contribution is 2.12. The molecule has 0 spiro atoms. The maximum atomic E-state index is 10.7. The van der Waals surface area contributed by atoms with Gasteiger partial charge in [-0.05, 0) is 23.8 Å². The first kappa shape index (κ1) is 13.2. The molecule has 0 heterocycles. The summed E-state index contributed by atoms with van der Waals surface area (Å²) in [6, 6.07) is 7.17. The van der Waals surface area contributed by atoms with Crippen LogP contribution in [0.1, 0.15) is 5.56 Å². The quantitative estimate of drug-likeness (QED) is 0.661. The van der Waals surface area contributed by atoms with Crippen molar-refractivity contribution in [3.63, 3.8) is 0 Å². The van der Waals surface area contributed by atoms with Gasteiger partial charge >= 0.3 is 11.9 Å². The van der Waals surface area contributed by atoms with Crippen molar-refractivity contribution in [3.05, 3.63) is 52.0 Å². The summed E-state index contributed by atoms with van der Waals surface area (Å²) in [4.78, 5) is 21.1. The monoisotopic (exact) mass is 296 g/mol. The van der Waals surface area contributed by atoms with E-state index in [0.29, 0.717) is 6.08 Å². The Bertz CT molecular complexity index is 486. The van der Waals surface area contributed by atoms with E-state index in [-0.39, 0.29) is 5.57 Å². The van der Waals surface area contributed by atoms with Crippen molar-refractivity contribution in [3.8, 4) is 0 Å². The van der Waals surface area contributed by atoms with Gasteiger partial charge in [0, 0.05) is 10.5 Å². The minimum absolute atomic E-state index is 0.277. The number of benzene rings is 1. The van der Waals surface area contributed by atoms with E-state index in [0.717, 1.165) is 10.0 Å². The average molecular weight is 297 g/mol. The third-order valence-corrected chi connectivity index (χ3v) is 2.38. The van der Waals surface area contributed by atoms with Gasteiger partial charge in [0.15, 0.2) is 0 Å². The zero-order valence-electron chi connectivity index (χ0n) is 8.63. The Hall–Kier alpha value is -1.88. The van der Waals surface area contributed by atoms with E-state index >= 15 is 0 Å². The molecule has 4 nitrogen and oxygen atoms in total. The molecule has 1 aromatic rings. The predicted molar refractivity (Wildman–Crippen MR) is 66.5 cm³/mol. The van der Waals surface area contributed by atoms with Crippen LogP contribution in [0.4, 0.5) is 0 Å². The highest BCUT2D eigenvalue weighted by atomic mass is 79.9. The first-order valence-corrected chi connectivity index (χ1v) is 5.40. The number of carbonyl (C=O) groups is 2. The van der Waals surface area contributed by atoms with Crippen LogP contribution in [0, 0.1) is 0 Å². The van der Waals surface area contributed by atoms with Crippen LogP contribution < -0.4 is 0 Å². The molecule has 0 unspecified atom stereocenters. The van der Waals surface area contributed by atoms with Gasteiger partial charge in [-0.3, -0.25) is 0 Å². The third-order valence-electron chi connectivity index (χ3n) is 1.85. The lowest BCUT2D eigenvalue weighted by atomic mass is 10.1. The van der Waals surface area contributed by atoms with Crippen molar-refractivity contribution in [2.45, 2.75) is 0 Å². The molecule has 0 aromatic heterocycles. The van der Waals surface area contributed by atoms with Crippen LogP contribution in [0.15, 0.2) is 46.5 Å². The minimum atomic E-state index is -1.29. The van der Waals surface area contributed by atoms with Gasteiger partial charge in [0.2, 0.25) is 0 Å². The summed E-state index contributed by atoms with van der Waals surface area (Å²) in [6.45, 7) is 0. The Morgan fingerprint density at radius 2 is 1.71 bits per heavy atom. The van der Waals surface area contributed by atoms with E-state index in [2.05, 4.69) is 15.9 Å². The van der Waals surface area contributed by atoms with E-state index in [4.69, 9.17) is 10.2 Å². The fourth-order valence-electron chi connectivity index (χ4n) is 1.07. The zero-order valence-corrected chi connectivity index (χ0v) is 10.2. The number of halogens is 1. The van der Waals surface area contributed by atoms with Crippen LogP contribution in [-0.4, -0.2) is 22.2 Å². The van der Waals surface area contributed by atoms with Crippen LogP contribution in [-0.2, 0) is 9.59 Å². The second kappa shape index (κ2) is 6.00. The second-order valence-electron chi connectivity index (χ2n) is 3.13. The van der Waals surface area contributed by atoms with Crippen molar-refractivity contribution >= 4 is 33.9 Å². The predicted octanol–water partition coefficient (Wildman–Crippen LogP) is 2.56. The van der Waals surface area contributed by atoms with Crippen molar-refractivity contribution in [1.29, 1.82) is 0 Å². The number of aliphatic carboxylic acids is 2. The van der Waals surface area contributed by atoms with Gasteiger partial charge in [0.1, 0.15) is 0 Å². The molecule has 0 aliphatic heterocycles. The van der Waals surface area contributed by atoms with Crippen LogP contribution in [0.5, 0.6) is 0 Å². The molecule has 1 rings (SSSR count). The number of rotatable bonds is 4. The largest absolute Gasteiger partial charge is 0.478 e. The standard InChI is InChI=1S/C12H9BrO4/c13-10-5-2-8(3-6-10)1-4-9(12(16)17)7-11(14)15/h1-7H,(H,14,15)(H,16,17). The smallest absolute Gasteiger partial charge is 0.335 e. The second-order valence-corrected chi connectivity index (χ2v) is 4.04. The summed E-state index contributed by atoms with van der Waals surface area (Å²) >= 11 is 3.27. The Balaban J connectivity index is 2.91. The molecule has 5 heteroatoms. The van der Waals surface area contributed by atoms with Crippen molar-refractivity contribution in [2.24, 2.45) is 0 Å². The van der Waals surface area contributed by atoms with Gasteiger partial charge in [-0.2, -0.15) is 0 Å². The average Bonchev–Trinajstić information content (AvgIpc) is 2.25. The maximum absolute atomic E-state index is 10.7. The Morgan fingerprint density at radius 3 is 2.18 bits per heavy atom. The fourth-order valence-corrected chi connectivity index (χ4v) is 1.34. The number of carboxylic acid groups (broad SMARTS) is 2. The van der Waals surface area contributed by atoms with E-state index in [9.17, 15) is 9.59 Å². The van der Waals surface area contributed by atoms with Gasteiger partial charge in [-0.15, -0.1) is 0 Å². The van der Waals surface area contributed by atoms with Gasteiger partial charge in [0.25, 0.3) is 0 Å². The summed E-state index contributed by atoms with van der Waals surface area (Å²) < 4.78 is 0.911. The number of hydrogen-bond donors (Lipinski definition) is 2. The van der Waals surface area contributed by atoms with E-state index in [1.54, 1.807) is 24.3 Å². The van der Waals surface area contributed by atoms with Crippen LogP contribution in [0.25, 0.3) is 6.08 Å². The first-order chi connectivity index (χ1) is 7.99. The van der Waals surface area contributed by atoms with E-state index in [1.807, 2.05) is 0 Å². The molecule has 0 bridgehead atoms. The zero-order chi connectivity index (χ0) is 12.8. The summed E-state index contributed by atoms with van der Waals surface area (Å²) in [5, 5.41) is 17.2. The molecule has 0 aliphatic carbocycles. The van der Waals surface area contributed by atoms with Gasteiger partial charge < -0.3 is 10.2 Å². The highest BCUT2D eigenvalue weighted by Gasteiger charge is 2.05. The molecule has 0 aliphatic rings. The molecule has 0 atom stereocenters. The Kier molecular flexibility index (Phi) is 4.66. The third kappa shape index (κ3) is 4.65. The summed E-state index contributed by atoms with van der Waals surface area (Å²) in [7, 11) is 0. The minimum Gasteiger partial charge on any atom is -0.478 e. The van der Waals surface area contributed by atoms with Crippen molar-refractivity contribution in [2.75, 3.05) is 0 Å².